The molecule has 0 saturated heterocycles. The lowest BCUT2D eigenvalue weighted by molar-refractivity contribution is -0.140. The van der Waals surface area contributed by atoms with Crippen LogP contribution >= 0.6 is 0 Å². The lowest BCUT2D eigenvalue weighted by atomic mass is 9.90. The van der Waals surface area contributed by atoms with Gasteiger partial charge in [0.25, 0.3) is 0 Å². The highest BCUT2D eigenvalue weighted by Gasteiger charge is 2.30. The number of likely N-dealkylation sites (N-methyl/N-ethyl adjacent to an activating group) is 1. The monoisotopic (exact) mass is 504 g/mol. The average molecular weight is 505 g/mol. The molecule has 0 bridgehead atoms. The molecule has 5 aromatic carbocycles. The zero-order valence-corrected chi connectivity index (χ0v) is 23.0. The summed E-state index contributed by atoms with van der Waals surface area (Å²) in [4.78, 5) is 28.3. The minimum absolute atomic E-state index is 0.0302. The SMILES string of the molecule is Cc1ccc(C(C(=O)NC(C)(C)C)N(C)C(=O)CCCc2ccc3ccc4cccc5ccc2c3c45)cc1. The molecule has 0 aromatic heterocycles. The predicted molar refractivity (Wildman–Crippen MR) is 158 cm³/mol. The summed E-state index contributed by atoms with van der Waals surface area (Å²) >= 11 is 0. The van der Waals surface area contributed by atoms with Crippen molar-refractivity contribution in [2.45, 2.75) is 58.5 Å². The van der Waals surface area contributed by atoms with Gasteiger partial charge in [-0.3, -0.25) is 9.59 Å². The van der Waals surface area contributed by atoms with Crippen LogP contribution in [-0.2, 0) is 16.0 Å². The van der Waals surface area contributed by atoms with Gasteiger partial charge in [0.05, 0.1) is 0 Å². The summed E-state index contributed by atoms with van der Waals surface area (Å²) in [5, 5.41) is 10.7. The van der Waals surface area contributed by atoms with E-state index >= 15 is 0 Å². The van der Waals surface area contributed by atoms with Crippen molar-refractivity contribution in [3.05, 3.63) is 95.6 Å². The summed E-state index contributed by atoms with van der Waals surface area (Å²) in [7, 11) is 1.74. The molecule has 0 aliphatic rings. The minimum Gasteiger partial charge on any atom is -0.349 e. The molecule has 4 nitrogen and oxygen atoms in total. The lowest BCUT2D eigenvalue weighted by Crippen LogP contribution is -2.48. The molecule has 2 amide bonds. The van der Waals surface area contributed by atoms with Crippen molar-refractivity contribution < 1.29 is 9.59 Å². The van der Waals surface area contributed by atoms with E-state index < -0.39 is 6.04 Å². The summed E-state index contributed by atoms with van der Waals surface area (Å²) < 4.78 is 0. The Morgan fingerprint density at radius 3 is 2.08 bits per heavy atom. The molecule has 1 atom stereocenters. The van der Waals surface area contributed by atoms with Crippen molar-refractivity contribution in [2.24, 2.45) is 0 Å². The van der Waals surface area contributed by atoms with Crippen molar-refractivity contribution >= 4 is 44.1 Å². The first-order chi connectivity index (χ1) is 18.1. The van der Waals surface area contributed by atoms with E-state index in [1.54, 1.807) is 11.9 Å². The quantitative estimate of drug-likeness (QED) is 0.236. The van der Waals surface area contributed by atoms with Gasteiger partial charge in [0.15, 0.2) is 0 Å². The maximum absolute atomic E-state index is 13.4. The minimum atomic E-state index is -0.670. The highest BCUT2D eigenvalue weighted by Crippen LogP contribution is 2.36. The fourth-order valence-corrected chi connectivity index (χ4v) is 5.50. The Kier molecular flexibility index (Phi) is 6.83. The van der Waals surface area contributed by atoms with Crippen LogP contribution in [0.5, 0.6) is 0 Å². The third-order valence-electron chi connectivity index (χ3n) is 7.38. The number of benzene rings is 5. The second-order valence-electron chi connectivity index (χ2n) is 11.5. The molecule has 194 valence electrons. The Morgan fingerprint density at radius 2 is 1.42 bits per heavy atom. The Labute approximate surface area is 225 Å². The van der Waals surface area contributed by atoms with Gasteiger partial charge in [0, 0.05) is 19.0 Å². The topological polar surface area (TPSA) is 49.4 Å². The summed E-state index contributed by atoms with van der Waals surface area (Å²) in [6.07, 6.45) is 1.90. The molecule has 0 aliphatic carbocycles. The van der Waals surface area contributed by atoms with Gasteiger partial charge < -0.3 is 10.2 Å². The third-order valence-corrected chi connectivity index (χ3v) is 7.38. The van der Waals surface area contributed by atoms with Crippen LogP contribution in [0.4, 0.5) is 0 Å². The molecule has 5 aromatic rings. The predicted octanol–water partition coefficient (Wildman–Crippen LogP) is 7.33. The fourth-order valence-electron chi connectivity index (χ4n) is 5.50. The Balaban J connectivity index is 1.35. The van der Waals surface area contributed by atoms with Crippen LogP contribution in [-0.4, -0.2) is 29.3 Å². The fraction of sp³-hybridized carbons (Fsp3) is 0.294. The van der Waals surface area contributed by atoms with E-state index in [0.717, 1.165) is 17.5 Å². The van der Waals surface area contributed by atoms with E-state index in [4.69, 9.17) is 0 Å². The molecular weight excluding hydrogens is 468 g/mol. The molecular formula is C34H36N2O2. The van der Waals surface area contributed by atoms with Gasteiger partial charge in [0.1, 0.15) is 6.04 Å². The highest BCUT2D eigenvalue weighted by atomic mass is 16.2. The van der Waals surface area contributed by atoms with Crippen LogP contribution < -0.4 is 5.32 Å². The number of aryl methyl sites for hydroxylation is 2. The first kappa shape index (κ1) is 25.7. The summed E-state index contributed by atoms with van der Waals surface area (Å²) in [5.41, 5.74) is 2.80. The molecule has 5 rings (SSSR count). The van der Waals surface area contributed by atoms with Crippen molar-refractivity contribution in [1.29, 1.82) is 0 Å². The van der Waals surface area contributed by atoms with Crippen molar-refractivity contribution in [3.63, 3.8) is 0 Å². The first-order valence-electron chi connectivity index (χ1n) is 13.4. The smallest absolute Gasteiger partial charge is 0.247 e. The van der Waals surface area contributed by atoms with E-state index in [9.17, 15) is 9.59 Å². The van der Waals surface area contributed by atoms with E-state index in [0.29, 0.717) is 12.8 Å². The number of rotatable bonds is 7. The van der Waals surface area contributed by atoms with Gasteiger partial charge in [-0.05, 0) is 84.0 Å². The number of hydrogen-bond donors (Lipinski definition) is 1. The molecule has 1 unspecified atom stereocenters. The molecule has 0 spiro atoms. The van der Waals surface area contributed by atoms with Gasteiger partial charge >= 0.3 is 0 Å². The first-order valence-corrected chi connectivity index (χ1v) is 13.4. The van der Waals surface area contributed by atoms with Crippen LogP contribution in [0.25, 0.3) is 32.3 Å². The summed E-state index contributed by atoms with van der Waals surface area (Å²) in [6, 6.07) is 26.8. The molecule has 0 aliphatic heterocycles. The van der Waals surface area contributed by atoms with Gasteiger partial charge in [-0.1, -0.05) is 84.4 Å². The number of hydrogen-bond acceptors (Lipinski definition) is 2. The van der Waals surface area contributed by atoms with Crippen molar-refractivity contribution in [2.75, 3.05) is 7.05 Å². The average Bonchev–Trinajstić information content (AvgIpc) is 2.88. The van der Waals surface area contributed by atoms with Crippen molar-refractivity contribution in [1.82, 2.24) is 10.2 Å². The van der Waals surface area contributed by atoms with Crippen molar-refractivity contribution in [3.8, 4) is 0 Å². The number of amides is 2. The molecule has 0 fully saturated rings. The van der Waals surface area contributed by atoms with Crippen LogP contribution in [0, 0.1) is 6.92 Å². The summed E-state index contributed by atoms with van der Waals surface area (Å²) in [6.45, 7) is 7.88. The van der Waals surface area contributed by atoms with Crippen LogP contribution in [0.1, 0.15) is 56.3 Å². The number of nitrogens with zero attached hydrogens (tertiary/aromatic N) is 1. The van der Waals surface area contributed by atoms with Gasteiger partial charge in [-0.25, -0.2) is 0 Å². The maximum Gasteiger partial charge on any atom is 0.247 e. The molecule has 1 N–H and O–H groups in total. The number of carbonyl (C=O) groups excluding carboxylic acids is 2. The van der Waals surface area contributed by atoms with Gasteiger partial charge in [-0.15, -0.1) is 0 Å². The zero-order valence-electron chi connectivity index (χ0n) is 23.0. The summed E-state index contributed by atoms with van der Waals surface area (Å²) in [5.74, 6) is -0.193. The zero-order chi connectivity index (χ0) is 27.0. The Morgan fingerprint density at radius 1 is 0.816 bits per heavy atom. The highest BCUT2D eigenvalue weighted by molar-refractivity contribution is 6.23. The van der Waals surface area contributed by atoms with Crippen LogP contribution in [0.2, 0.25) is 0 Å². The largest absolute Gasteiger partial charge is 0.349 e. The molecule has 4 heteroatoms. The Bertz CT molecular complexity index is 1600. The molecule has 0 radical (unpaired) electrons. The van der Waals surface area contributed by atoms with Gasteiger partial charge in [0.2, 0.25) is 11.8 Å². The normalized spacial score (nSPS) is 12.8. The van der Waals surface area contributed by atoms with E-state index in [1.165, 1.54) is 37.9 Å². The van der Waals surface area contributed by atoms with E-state index in [1.807, 2.05) is 52.0 Å². The number of nitrogens with one attached hydrogen (secondary N) is 1. The second kappa shape index (κ2) is 10.1. The van der Waals surface area contributed by atoms with Gasteiger partial charge in [-0.2, -0.15) is 0 Å². The van der Waals surface area contributed by atoms with E-state index in [-0.39, 0.29) is 17.4 Å². The molecule has 0 heterocycles. The van der Waals surface area contributed by atoms with Crippen LogP contribution in [0.3, 0.4) is 0 Å². The van der Waals surface area contributed by atoms with Crippen LogP contribution in [0.15, 0.2) is 78.9 Å². The number of carbonyl (C=O) groups is 2. The molecule has 38 heavy (non-hydrogen) atoms. The van der Waals surface area contributed by atoms with E-state index in [2.05, 4.69) is 59.9 Å². The standard InChI is InChI=1S/C34H36N2O2/c1-22-12-14-27(15-13-22)32(33(38)35-34(2,3)4)36(5)29(37)11-7-8-23-16-17-26-19-18-24-9-6-10-25-20-21-28(23)31(26)30(24)25/h6,9-10,12-21,32H,7-8,11H2,1-5H3,(H,35,38). The maximum atomic E-state index is 13.4. The second-order valence-corrected chi connectivity index (χ2v) is 11.5. The Hall–Kier alpha value is -3.92. The molecule has 0 saturated carbocycles. The lowest BCUT2D eigenvalue weighted by Gasteiger charge is -2.31. The third kappa shape index (κ3) is 5.08.